The zero-order valence-electron chi connectivity index (χ0n) is 11.8. The molecule has 0 aliphatic carbocycles. The zero-order valence-corrected chi connectivity index (χ0v) is 12.6. The molecule has 0 spiro atoms. The van der Waals surface area contributed by atoms with Gasteiger partial charge in [0.2, 0.25) is 0 Å². The predicted octanol–water partition coefficient (Wildman–Crippen LogP) is 2.70. The summed E-state index contributed by atoms with van der Waals surface area (Å²) in [4.78, 5) is 14.0. The van der Waals surface area contributed by atoms with Crippen LogP contribution in [0.5, 0.6) is 5.75 Å². The number of benzene rings is 1. The van der Waals surface area contributed by atoms with Crippen LogP contribution in [0.1, 0.15) is 20.8 Å². The summed E-state index contributed by atoms with van der Waals surface area (Å²) in [5.74, 6) is 0.660. The first-order valence-corrected chi connectivity index (χ1v) is 7.14. The summed E-state index contributed by atoms with van der Waals surface area (Å²) in [5, 5.41) is 0.652. The van der Waals surface area contributed by atoms with Gasteiger partial charge in [0.15, 0.2) is 6.10 Å². The summed E-state index contributed by atoms with van der Waals surface area (Å²) in [6.45, 7) is 6.73. The highest BCUT2D eigenvalue weighted by Gasteiger charge is 2.60. The van der Waals surface area contributed by atoms with Crippen molar-refractivity contribution in [2.45, 2.75) is 39.1 Å². The van der Waals surface area contributed by atoms with Gasteiger partial charge in [0.25, 0.3) is 5.91 Å². The van der Waals surface area contributed by atoms with Gasteiger partial charge in [0, 0.05) is 10.4 Å². The Kier molecular flexibility index (Phi) is 3.18. The van der Waals surface area contributed by atoms with Crippen LogP contribution in [0.4, 0.5) is 0 Å². The summed E-state index contributed by atoms with van der Waals surface area (Å²) in [6.07, 6.45) is -0.608. The van der Waals surface area contributed by atoms with Crippen LogP contribution in [0.25, 0.3) is 0 Å². The molecule has 3 atom stereocenters. The number of amides is 1. The molecule has 5 heteroatoms. The molecule has 2 heterocycles. The average molecular weight is 296 g/mol. The Bertz CT molecular complexity index is 528. The number of nitrogens with zero attached hydrogens (tertiary/aromatic N) is 1. The quantitative estimate of drug-likeness (QED) is 0.788. The van der Waals surface area contributed by atoms with E-state index in [1.54, 1.807) is 29.2 Å². The SMILES string of the molecule is C[C@H]1OCC(C)(C)[C@@H]2[C@@H](Oc3ccc(Cl)cc3)C(=O)N21. The fourth-order valence-corrected chi connectivity index (χ4v) is 3.08. The zero-order chi connectivity index (χ0) is 14.5. The Balaban J connectivity index is 1.80. The number of ether oxygens (including phenoxy) is 2. The highest BCUT2D eigenvalue weighted by atomic mass is 35.5. The number of fused-ring (bicyclic) bond motifs is 1. The number of carbonyl (C=O) groups is 1. The van der Waals surface area contributed by atoms with Crippen molar-refractivity contribution in [1.82, 2.24) is 4.90 Å². The minimum Gasteiger partial charge on any atom is -0.478 e. The number of hydrogen-bond donors (Lipinski definition) is 0. The third-order valence-corrected chi connectivity index (χ3v) is 4.30. The lowest BCUT2D eigenvalue weighted by molar-refractivity contribution is -0.236. The molecule has 0 bridgehead atoms. The molecule has 2 saturated heterocycles. The van der Waals surface area contributed by atoms with Gasteiger partial charge in [-0.05, 0) is 31.2 Å². The third-order valence-electron chi connectivity index (χ3n) is 4.05. The van der Waals surface area contributed by atoms with Crippen LogP contribution in [0.2, 0.25) is 5.02 Å². The molecule has 4 nitrogen and oxygen atoms in total. The van der Waals surface area contributed by atoms with Crippen molar-refractivity contribution in [2.24, 2.45) is 5.41 Å². The summed E-state index contributed by atoms with van der Waals surface area (Å²) in [5.41, 5.74) is -0.114. The van der Waals surface area contributed by atoms with E-state index in [1.807, 2.05) is 6.92 Å². The summed E-state index contributed by atoms with van der Waals surface area (Å²) in [7, 11) is 0. The van der Waals surface area contributed by atoms with Gasteiger partial charge in [-0.25, -0.2) is 0 Å². The van der Waals surface area contributed by atoms with Crippen molar-refractivity contribution >= 4 is 17.5 Å². The summed E-state index contributed by atoms with van der Waals surface area (Å²) < 4.78 is 11.5. The Morgan fingerprint density at radius 3 is 2.65 bits per heavy atom. The van der Waals surface area contributed by atoms with Gasteiger partial charge in [0.05, 0.1) is 12.6 Å². The Morgan fingerprint density at radius 1 is 1.35 bits per heavy atom. The molecule has 2 aliphatic rings. The first kappa shape index (κ1) is 13.7. The van der Waals surface area contributed by atoms with Crippen LogP contribution < -0.4 is 4.74 Å². The highest BCUT2D eigenvalue weighted by Crippen LogP contribution is 2.42. The standard InChI is InChI=1S/C15H18ClNO3/c1-9-17-13(15(2,3)8-19-9)12(14(17)18)20-11-6-4-10(16)5-7-11/h4-7,9,12-13H,8H2,1-3H3/t9-,12-,13+/m1/s1. The smallest absolute Gasteiger partial charge is 0.268 e. The monoisotopic (exact) mass is 295 g/mol. The van der Waals surface area contributed by atoms with Crippen LogP contribution in [0, 0.1) is 5.41 Å². The fourth-order valence-electron chi connectivity index (χ4n) is 2.95. The van der Waals surface area contributed by atoms with E-state index in [-0.39, 0.29) is 23.6 Å². The van der Waals surface area contributed by atoms with E-state index < -0.39 is 6.10 Å². The van der Waals surface area contributed by atoms with E-state index in [0.717, 1.165) is 0 Å². The van der Waals surface area contributed by atoms with Crippen molar-refractivity contribution in [3.05, 3.63) is 29.3 Å². The van der Waals surface area contributed by atoms with Crippen molar-refractivity contribution in [2.75, 3.05) is 6.61 Å². The molecule has 0 saturated carbocycles. The van der Waals surface area contributed by atoms with Gasteiger partial charge < -0.3 is 14.4 Å². The Morgan fingerprint density at radius 2 is 2.00 bits per heavy atom. The van der Waals surface area contributed by atoms with Crippen molar-refractivity contribution in [3.8, 4) is 5.75 Å². The highest BCUT2D eigenvalue weighted by molar-refractivity contribution is 6.30. The molecule has 1 aromatic carbocycles. The van der Waals surface area contributed by atoms with Gasteiger partial charge in [0.1, 0.15) is 12.0 Å². The molecule has 0 unspecified atom stereocenters. The molecule has 108 valence electrons. The topological polar surface area (TPSA) is 38.8 Å². The van der Waals surface area contributed by atoms with Crippen LogP contribution in [-0.2, 0) is 9.53 Å². The lowest BCUT2D eigenvalue weighted by Crippen LogP contribution is -2.77. The van der Waals surface area contributed by atoms with Gasteiger partial charge in [-0.3, -0.25) is 4.79 Å². The largest absolute Gasteiger partial charge is 0.478 e. The molecule has 2 aliphatic heterocycles. The predicted molar refractivity (Wildman–Crippen MR) is 75.7 cm³/mol. The maximum atomic E-state index is 12.3. The second-order valence-electron chi connectivity index (χ2n) is 6.08. The lowest BCUT2D eigenvalue weighted by Gasteiger charge is -2.58. The molecule has 1 amide bonds. The minimum absolute atomic E-state index is 0.00905. The molecule has 2 fully saturated rings. The van der Waals surface area contributed by atoms with Crippen LogP contribution in [0.15, 0.2) is 24.3 Å². The van der Waals surface area contributed by atoms with E-state index >= 15 is 0 Å². The van der Waals surface area contributed by atoms with Crippen molar-refractivity contribution < 1.29 is 14.3 Å². The lowest BCUT2D eigenvalue weighted by atomic mass is 9.74. The minimum atomic E-state index is -0.433. The average Bonchev–Trinajstić information content (AvgIpc) is 2.40. The second kappa shape index (κ2) is 4.64. The normalized spacial score (nSPS) is 31.5. The molecule has 20 heavy (non-hydrogen) atoms. The maximum Gasteiger partial charge on any atom is 0.268 e. The Hall–Kier alpha value is -1.26. The summed E-state index contributed by atoms with van der Waals surface area (Å²) >= 11 is 5.85. The second-order valence-corrected chi connectivity index (χ2v) is 6.52. The van der Waals surface area contributed by atoms with Crippen LogP contribution >= 0.6 is 11.6 Å². The molecule has 1 aromatic rings. The number of halogens is 1. The number of rotatable bonds is 2. The Labute approximate surface area is 123 Å². The molecule has 0 N–H and O–H groups in total. The van der Waals surface area contributed by atoms with E-state index in [1.165, 1.54) is 0 Å². The number of β-lactam (4-membered cyclic amide) rings is 1. The van der Waals surface area contributed by atoms with E-state index in [4.69, 9.17) is 21.1 Å². The van der Waals surface area contributed by atoms with E-state index in [9.17, 15) is 4.79 Å². The van der Waals surface area contributed by atoms with Crippen LogP contribution in [0.3, 0.4) is 0 Å². The van der Waals surface area contributed by atoms with Crippen molar-refractivity contribution in [3.63, 3.8) is 0 Å². The van der Waals surface area contributed by atoms with Gasteiger partial charge in [-0.1, -0.05) is 25.4 Å². The van der Waals surface area contributed by atoms with Crippen molar-refractivity contribution in [1.29, 1.82) is 0 Å². The van der Waals surface area contributed by atoms with Crippen LogP contribution in [-0.4, -0.2) is 35.8 Å². The molecule has 0 aromatic heterocycles. The molecular formula is C15H18ClNO3. The molecular weight excluding hydrogens is 278 g/mol. The first-order chi connectivity index (χ1) is 9.40. The fraction of sp³-hybridized carbons (Fsp3) is 0.533. The molecule has 3 rings (SSSR count). The first-order valence-electron chi connectivity index (χ1n) is 6.76. The number of carbonyl (C=O) groups excluding carboxylic acids is 1. The molecule has 0 radical (unpaired) electrons. The maximum absolute atomic E-state index is 12.3. The van der Waals surface area contributed by atoms with E-state index in [0.29, 0.717) is 17.4 Å². The summed E-state index contributed by atoms with van der Waals surface area (Å²) in [6, 6.07) is 7.14. The third kappa shape index (κ3) is 2.07. The van der Waals surface area contributed by atoms with Gasteiger partial charge in [-0.2, -0.15) is 0 Å². The number of hydrogen-bond acceptors (Lipinski definition) is 3. The van der Waals surface area contributed by atoms with Gasteiger partial charge in [-0.15, -0.1) is 0 Å². The van der Waals surface area contributed by atoms with Gasteiger partial charge >= 0.3 is 0 Å². The van der Waals surface area contributed by atoms with E-state index in [2.05, 4.69) is 13.8 Å².